The van der Waals surface area contributed by atoms with E-state index in [9.17, 15) is 0 Å². The molecule has 0 fully saturated rings. The van der Waals surface area contributed by atoms with E-state index in [2.05, 4.69) is 276 Å². The van der Waals surface area contributed by atoms with Crippen LogP contribution in [0.3, 0.4) is 0 Å². The van der Waals surface area contributed by atoms with Crippen molar-refractivity contribution in [1.82, 2.24) is 4.57 Å². The minimum absolute atomic E-state index is 1.07. The third-order valence-corrected chi connectivity index (χ3v) is 13.0. The molecule has 0 radical (unpaired) electrons. The van der Waals surface area contributed by atoms with Crippen LogP contribution in [0.2, 0.25) is 0 Å². The summed E-state index contributed by atoms with van der Waals surface area (Å²) >= 11 is 0. The fraction of sp³-hybridized carbons (Fsp3) is 0. The summed E-state index contributed by atoms with van der Waals surface area (Å²) < 4.78 is 2.39. The summed E-state index contributed by atoms with van der Waals surface area (Å²) in [6.07, 6.45) is 0. The SMILES string of the molecule is c1ccc(-c2cccc(-c3ccc(N(c4ccc(-c5cccc(-n6c7ccccc7c7ccccc76)c5)cc4)c4cc(-c5cccc6ccccc56)ccc4-c4ccccc4)cc3)c2)cc1. The Morgan fingerprint density at radius 1 is 0.258 bits per heavy atom. The van der Waals surface area contributed by atoms with Gasteiger partial charge in [0.15, 0.2) is 0 Å². The first kappa shape index (κ1) is 38.9. The maximum atomic E-state index is 2.43. The topological polar surface area (TPSA) is 8.17 Å². The quantitative estimate of drug-likeness (QED) is 0.141. The Labute approximate surface area is 385 Å². The highest BCUT2D eigenvalue weighted by molar-refractivity contribution is 6.09. The van der Waals surface area contributed by atoms with Crippen LogP contribution in [0.1, 0.15) is 0 Å². The van der Waals surface area contributed by atoms with Gasteiger partial charge in [-0.05, 0) is 122 Å². The van der Waals surface area contributed by atoms with Crippen LogP contribution < -0.4 is 4.90 Å². The predicted molar refractivity (Wildman–Crippen MR) is 280 cm³/mol. The summed E-state index contributed by atoms with van der Waals surface area (Å²) in [4.78, 5) is 2.43. The molecule has 310 valence electrons. The molecule has 1 heterocycles. The molecule has 0 amide bonds. The number of hydrogen-bond donors (Lipinski definition) is 0. The molecule has 66 heavy (non-hydrogen) atoms. The molecule has 0 aliphatic heterocycles. The van der Waals surface area contributed by atoms with Crippen LogP contribution in [-0.4, -0.2) is 4.57 Å². The van der Waals surface area contributed by atoms with E-state index in [-0.39, 0.29) is 0 Å². The Hall–Kier alpha value is -8.72. The molecule has 0 aliphatic carbocycles. The fourth-order valence-electron chi connectivity index (χ4n) is 9.79. The van der Waals surface area contributed by atoms with Crippen LogP contribution in [0.5, 0.6) is 0 Å². The zero-order chi connectivity index (χ0) is 43.8. The van der Waals surface area contributed by atoms with Gasteiger partial charge in [0.2, 0.25) is 0 Å². The largest absolute Gasteiger partial charge is 0.310 e. The van der Waals surface area contributed by atoms with Gasteiger partial charge in [-0.15, -0.1) is 0 Å². The summed E-state index contributed by atoms with van der Waals surface area (Å²) in [7, 11) is 0. The van der Waals surface area contributed by atoms with Gasteiger partial charge in [0, 0.05) is 33.4 Å². The van der Waals surface area contributed by atoms with Gasteiger partial charge in [-0.25, -0.2) is 0 Å². The molecule has 0 aliphatic rings. The zero-order valence-corrected chi connectivity index (χ0v) is 36.3. The molecule has 0 bridgehead atoms. The van der Waals surface area contributed by atoms with Crippen LogP contribution >= 0.6 is 0 Å². The van der Waals surface area contributed by atoms with Gasteiger partial charge in [0.1, 0.15) is 0 Å². The van der Waals surface area contributed by atoms with E-state index in [1.807, 2.05) is 0 Å². The van der Waals surface area contributed by atoms with Crippen molar-refractivity contribution < 1.29 is 0 Å². The molecule has 0 saturated carbocycles. The normalized spacial score (nSPS) is 11.3. The number of anilines is 3. The minimum atomic E-state index is 1.07. The zero-order valence-electron chi connectivity index (χ0n) is 36.3. The fourth-order valence-corrected chi connectivity index (χ4v) is 9.79. The Morgan fingerprint density at radius 2 is 0.712 bits per heavy atom. The van der Waals surface area contributed by atoms with Crippen molar-refractivity contribution in [3.63, 3.8) is 0 Å². The molecule has 12 rings (SSSR count). The van der Waals surface area contributed by atoms with Gasteiger partial charge in [-0.2, -0.15) is 0 Å². The molecule has 0 spiro atoms. The van der Waals surface area contributed by atoms with Crippen LogP contribution in [0, 0.1) is 0 Å². The third-order valence-electron chi connectivity index (χ3n) is 13.0. The van der Waals surface area contributed by atoms with Gasteiger partial charge in [0.05, 0.1) is 16.7 Å². The lowest BCUT2D eigenvalue weighted by atomic mass is 9.94. The molecular weight excluding hydrogens is 797 g/mol. The van der Waals surface area contributed by atoms with Crippen molar-refractivity contribution in [1.29, 1.82) is 0 Å². The third kappa shape index (κ3) is 7.12. The molecule has 2 nitrogen and oxygen atoms in total. The second-order valence-corrected chi connectivity index (χ2v) is 16.9. The molecule has 11 aromatic carbocycles. The molecule has 2 heteroatoms. The van der Waals surface area contributed by atoms with E-state index < -0.39 is 0 Å². The van der Waals surface area contributed by atoms with Crippen LogP contribution in [0.4, 0.5) is 17.1 Å². The number of aromatic nitrogens is 1. The molecule has 0 unspecified atom stereocenters. The minimum Gasteiger partial charge on any atom is -0.310 e. The van der Waals surface area contributed by atoms with Crippen molar-refractivity contribution in [2.24, 2.45) is 0 Å². The van der Waals surface area contributed by atoms with E-state index >= 15 is 0 Å². The van der Waals surface area contributed by atoms with E-state index in [0.29, 0.717) is 0 Å². The summed E-state index contributed by atoms with van der Waals surface area (Å²) in [5, 5.41) is 4.98. The average Bonchev–Trinajstić information content (AvgIpc) is 3.74. The highest BCUT2D eigenvalue weighted by Gasteiger charge is 2.20. The van der Waals surface area contributed by atoms with Crippen molar-refractivity contribution >= 4 is 49.6 Å². The van der Waals surface area contributed by atoms with Gasteiger partial charge in [-0.1, -0.05) is 206 Å². The van der Waals surface area contributed by atoms with E-state index in [0.717, 1.165) is 45.0 Å². The number of rotatable bonds is 9. The van der Waals surface area contributed by atoms with Gasteiger partial charge >= 0.3 is 0 Å². The van der Waals surface area contributed by atoms with Gasteiger partial charge in [0.25, 0.3) is 0 Å². The van der Waals surface area contributed by atoms with Crippen molar-refractivity contribution in [3.8, 4) is 61.3 Å². The van der Waals surface area contributed by atoms with Gasteiger partial charge < -0.3 is 9.47 Å². The summed E-state index contributed by atoms with van der Waals surface area (Å²) in [5.74, 6) is 0. The summed E-state index contributed by atoms with van der Waals surface area (Å²) in [6, 6.07) is 96.9. The summed E-state index contributed by atoms with van der Waals surface area (Å²) in [5.41, 5.74) is 18.6. The molecule has 12 aromatic rings. The Morgan fingerprint density at radius 3 is 1.35 bits per heavy atom. The average molecular weight is 841 g/mol. The van der Waals surface area contributed by atoms with Crippen LogP contribution in [0.15, 0.2) is 267 Å². The highest BCUT2D eigenvalue weighted by atomic mass is 15.1. The lowest BCUT2D eigenvalue weighted by molar-refractivity contribution is 1.18. The van der Waals surface area contributed by atoms with Gasteiger partial charge in [-0.3, -0.25) is 0 Å². The summed E-state index contributed by atoms with van der Waals surface area (Å²) in [6.45, 7) is 0. The molecular formula is C64H44N2. The first-order chi connectivity index (χ1) is 32.7. The monoisotopic (exact) mass is 840 g/mol. The van der Waals surface area contributed by atoms with E-state index in [1.54, 1.807) is 0 Å². The number of benzene rings is 11. The number of para-hydroxylation sites is 2. The van der Waals surface area contributed by atoms with Crippen LogP contribution in [-0.2, 0) is 0 Å². The molecule has 0 atom stereocenters. The van der Waals surface area contributed by atoms with Crippen molar-refractivity contribution in [3.05, 3.63) is 267 Å². The highest BCUT2D eigenvalue weighted by Crippen LogP contribution is 2.45. The molecule has 0 N–H and O–H groups in total. The Bertz CT molecular complexity index is 3620. The standard InChI is InChI=1S/C64H44N2/c1-3-16-45(17-4-1)50-22-13-23-51(42-50)46-32-37-54(38-33-46)65(64-44-53(36-41-59(64)49-18-5-2-6-19-49)58-29-15-21-48-20-7-8-26-57(48)58)55-39-34-47(35-40-55)52-24-14-25-56(43-52)66-62-30-11-9-27-60(62)61-28-10-12-31-63(61)66/h1-44H. The number of fused-ring (bicyclic) bond motifs is 4. The van der Waals surface area contributed by atoms with E-state index in [1.165, 1.54) is 66.0 Å². The second-order valence-electron chi connectivity index (χ2n) is 16.9. The predicted octanol–water partition coefficient (Wildman–Crippen LogP) is 17.7. The molecule has 0 saturated heterocycles. The number of nitrogens with zero attached hydrogens (tertiary/aromatic N) is 2. The Kier molecular flexibility index (Phi) is 9.89. The maximum absolute atomic E-state index is 2.43. The first-order valence-electron chi connectivity index (χ1n) is 22.7. The maximum Gasteiger partial charge on any atom is 0.0546 e. The van der Waals surface area contributed by atoms with Crippen molar-refractivity contribution in [2.75, 3.05) is 4.90 Å². The lowest BCUT2D eigenvalue weighted by Crippen LogP contribution is -2.11. The lowest BCUT2D eigenvalue weighted by Gasteiger charge is -2.29. The first-order valence-corrected chi connectivity index (χ1v) is 22.7. The van der Waals surface area contributed by atoms with Crippen LogP contribution in [0.25, 0.3) is 93.9 Å². The van der Waals surface area contributed by atoms with E-state index in [4.69, 9.17) is 0 Å². The Balaban J connectivity index is 0.997. The van der Waals surface area contributed by atoms with Crippen molar-refractivity contribution in [2.45, 2.75) is 0 Å². The smallest absolute Gasteiger partial charge is 0.0546 e. The molecule has 1 aromatic heterocycles. The second kappa shape index (κ2) is 16.8. The number of hydrogen-bond acceptors (Lipinski definition) is 1.